The topological polar surface area (TPSA) is 90.7 Å². The summed E-state index contributed by atoms with van der Waals surface area (Å²) in [6, 6.07) is 55.1. The van der Waals surface area contributed by atoms with Crippen LogP contribution >= 0.6 is 11.3 Å². The summed E-state index contributed by atoms with van der Waals surface area (Å²) in [6.07, 6.45) is 0. The van der Waals surface area contributed by atoms with Crippen molar-refractivity contribution in [3.63, 3.8) is 0 Å². The highest BCUT2D eigenvalue weighted by Gasteiger charge is 2.22. The Labute approximate surface area is 328 Å². The number of hydrogen-bond donors (Lipinski definition) is 0. The van der Waals surface area contributed by atoms with Gasteiger partial charge in [0.15, 0.2) is 23.3 Å². The highest BCUT2D eigenvalue weighted by Crippen LogP contribution is 2.43. The molecule has 0 saturated carbocycles. The second-order valence-corrected chi connectivity index (χ2v) is 15.0. The first-order valence-electron chi connectivity index (χ1n) is 18.7. The number of furan rings is 2. The second kappa shape index (κ2) is 12.5. The molecule has 0 N–H and O–H groups in total. The Morgan fingerprint density at radius 1 is 0.386 bits per heavy atom. The molecule has 8 heteroatoms. The Balaban J connectivity index is 1.06. The summed E-state index contributed by atoms with van der Waals surface area (Å²) in [6.45, 7) is 0. The maximum absolute atomic E-state index is 6.66. The van der Waals surface area contributed by atoms with Crippen LogP contribution in [0.25, 0.3) is 121 Å². The number of benzene rings is 7. The molecule has 0 radical (unpaired) electrons. The van der Waals surface area contributed by atoms with E-state index in [0.29, 0.717) is 23.3 Å². The molecule has 12 aromatic rings. The monoisotopic (exact) mass is 749 g/mol. The van der Waals surface area contributed by atoms with Gasteiger partial charge in [-0.15, -0.1) is 11.3 Å². The van der Waals surface area contributed by atoms with Crippen LogP contribution in [0.5, 0.6) is 0 Å². The summed E-state index contributed by atoms with van der Waals surface area (Å²) in [4.78, 5) is 25.6. The van der Waals surface area contributed by atoms with Crippen molar-refractivity contribution in [2.75, 3.05) is 0 Å². The molecule has 0 atom stereocenters. The van der Waals surface area contributed by atoms with Gasteiger partial charge in [-0.25, -0.2) is 24.9 Å². The quantitative estimate of drug-likeness (QED) is 0.173. The number of rotatable bonds is 5. The maximum atomic E-state index is 6.66. The van der Waals surface area contributed by atoms with E-state index in [1.807, 2.05) is 91.0 Å². The van der Waals surface area contributed by atoms with Crippen molar-refractivity contribution in [3.8, 4) is 56.8 Å². The van der Waals surface area contributed by atoms with Gasteiger partial charge < -0.3 is 8.83 Å². The molecule has 7 aromatic carbocycles. The number of aromatic nitrogens is 5. The summed E-state index contributed by atoms with van der Waals surface area (Å²) in [5.74, 6) is 2.33. The van der Waals surface area contributed by atoms with Crippen LogP contribution in [0.2, 0.25) is 0 Å². The SMILES string of the molecule is c1ccc(-c2nc(-c3cccc4c3oc3ccccc34)nc(-c3cccc4oc5cc(-c6nc(-c7ccccc7)nc7c6sc6ccccc67)ccc5c34)n2)cc1. The molecule has 0 bridgehead atoms. The van der Waals surface area contributed by atoms with Crippen molar-refractivity contribution in [1.29, 1.82) is 0 Å². The highest BCUT2D eigenvalue weighted by atomic mass is 32.1. The lowest BCUT2D eigenvalue weighted by molar-refractivity contribution is 0.668. The van der Waals surface area contributed by atoms with Crippen molar-refractivity contribution in [1.82, 2.24) is 24.9 Å². The van der Waals surface area contributed by atoms with Crippen LogP contribution in [0.4, 0.5) is 0 Å². The lowest BCUT2D eigenvalue weighted by Crippen LogP contribution is -2.00. The van der Waals surface area contributed by atoms with Gasteiger partial charge in [-0.05, 0) is 36.4 Å². The molecule has 12 rings (SSSR count). The van der Waals surface area contributed by atoms with E-state index in [2.05, 4.69) is 72.8 Å². The predicted molar refractivity (Wildman–Crippen MR) is 230 cm³/mol. The van der Waals surface area contributed by atoms with E-state index < -0.39 is 0 Å². The number of para-hydroxylation sites is 2. The summed E-state index contributed by atoms with van der Waals surface area (Å²) in [5.41, 5.74) is 9.31. The molecule has 266 valence electrons. The Bertz CT molecular complexity index is 3540. The van der Waals surface area contributed by atoms with Crippen LogP contribution in [0.15, 0.2) is 173 Å². The third-order valence-electron chi connectivity index (χ3n) is 10.6. The first-order valence-corrected chi connectivity index (χ1v) is 19.5. The van der Waals surface area contributed by atoms with Crippen molar-refractivity contribution >= 4 is 75.5 Å². The molecular formula is C49H27N5O2S. The van der Waals surface area contributed by atoms with Gasteiger partial charge in [-0.1, -0.05) is 127 Å². The number of hydrogen-bond acceptors (Lipinski definition) is 8. The summed E-state index contributed by atoms with van der Waals surface area (Å²) >= 11 is 1.71. The maximum Gasteiger partial charge on any atom is 0.167 e. The number of nitrogens with zero attached hydrogens (tertiary/aromatic N) is 5. The molecule has 0 unspecified atom stereocenters. The van der Waals surface area contributed by atoms with Gasteiger partial charge in [0, 0.05) is 53.9 Å². The average Bonchev–Trinajstić information content (AvgIpc) is 3.97. The summed E-state index contributed by atoms with van der Waals surface area (Å²) in [5, 5.41) is 5.06. The van der Waals surface area contributed by atoms with Crippen LogP contribution in [-0.4, -0.2) is 24.9 Å². The number of thiophene rings is 1. The minimum Gasteiger partial charge on any atom is -0.456 e. The number of fused-ring (bicyclic) bond motifs is 9. The largest absolute Gasteiger partial charge is 0.456 e. The van der Waals surface area contributed by atoms with Gasteiger partial charge in [0.25, 0.3) is 0 Å². The Kier molecular flexibility index (Phi) is 6.96. The second-order valence-electron chi connectivity index (χ2n) is 14.0. The Morgan fingerprint density at radius 3 is 1.84 bits per heavy atom. The summed E-state index contributed by atoms with van der Waals surface area (Å²) < 4.78 is 15.3. The molecule has 0 amide bonds. The molecule has 0 fully saturated rings. The van der Waals surface area contributed by atoms with Crippen molar-refractivity contribution in [2.24, 2.45) is 0 Å². The van der Waals surface area contributed by atoms with Gasteiger partial charge in [-0.3, -0.25) is 0 Å². The van der Waals surface area contributed by atoms with E-state index in [-0.39, 0.29) is 0 Å². The fourth-order valence-electron chi connectivity index (χ4n) is 7.92. The molecule has 0 saturated heterocycles. The van der Waals surface area contributed by atoms with Crippen molar-refractivity contribution in [3.05, 3.63) is 164 Å². The molecular weight excluding hydrogens is 723 g/mol. The fraction of sp³-hybridized carbons (Fsp3) is 0. The van der Waals surface area contributed by atoms with Gasteiger partial charge in [0.2, 0.25) is 0 Å². The predicted octanol–water partition coefficient (Wildman–Crippen LogP) is 13.2. The van der Waals surface area contributed by atoms with E-state index in [4.69, 9.17) is 33.8 Å². The Morgan fingerprint density at radius 2 is 1.02 bits per heavy atom. The van der Waals surface area contributed by atoms with Gasteiger partial charge >= 0.3 is 0 Å². The molecule has 0 aliphatic heterocycles. The van der Waals surface area contributed by atoms with Crippen LogP contribution in [0.1, 0.15) is 0 Å². The molecule has 5 aromatic heterocycles. The zero-order valence-corrected chi connectivity index (χ0v) is 30.9. The van der Waals surface area contributed by atoms with Crippen molar-refractivity contribution in [2.45, 2.75) is 0 Å². The minimum absolute atomic E-state index is 0.529. The van der Waals surface area contributed by atoms with E-state index in [1.54, 1.807) is 11.3 Å². The van der Waals surface area contributed by atoms with Gasteiger partial charge in [0.05, 0.1) is 21.5 Å². The average molecular weight is 750 g/mol. The lowest BCUT2D eigenvalue weighted by Gasteiger charge is -2.09. The summed E-state index contributed by atoms with van der Waals surface area (Å²) in [7, 11) is 0. The molecule has 7 nitrogen and oxygen atoms in total. The molecule has 0 aliphatic carbocycles. The smallest absolute Gasteiger partial charge is 0.167 e. The van der Waals surface area contributed by atoms with E-state index in [0.717, 1.165) is 93.0 Å². The first-order chi connectivity index (χ1) is 28.2. The molecule has 5 heterocycles. The normalized spacial score (nSPS) is 11.9. The third kappa shape index (κ3) is 5.08. The molecule has 57 heavy (non-hydrogen) atoms. The third-order valence-corrected chi connectivity index (χ3v) is 11.7. The zero-order valence-electron chi connectivity index (χ0n) is 30.0. The van der Waals surface area contributed by atoms with Crippen LogP contribution in [-0.2, 0) is 0 Å². The zero-order chi connectivity index (χ0) is 37.5. The first kappa shape index (κ1) is 31.8. The van der Waals surface area contributed by atoms with E-state index in [9.17, 15) is 0 Å². The Hall–Kier alpha value is -7.55. The van der Waals surface area contributed by atoms with Gasteiger partial charge in [-0.2, -0.15) is 0 Å². The van der Waals surface area contributed by atoms with E-state index >= 15 is 0 Å². The minimum atomic E-state index is 0.529. The standard InChI is InChI=1S/C49H27N5O2S/c1-3-13-28(14-4-1)46-50-42(45-43(51-46)34-18-8-10-24-40(34)57-45)30-25-26-33-39(27-30)55-38-23-12-20-35(41(33)38)48-52-47(29-15-5-2-6-16-29)53-49(54-48)36-21-11-19-32-31-17-7-9-22-37(31)56-44(32)36/h1-27H. The highest BCUT2D eigenvalue weighted by molar-refractivity contribution is 7.26. The fourth-order valence-corrected chi connectivity index (χ4v) is 9.07. The molecule has 0 aliphatic rings. The van der Waals surface area contributed by atoms with Crippen LogP contribution < -0.4 is 0 Å². The molecule has 0 spiro atoms. The lowest BCUT2D eigenvalue weighted by atomic mass is 10.0. The van der Waals surface area contributed by atoms with Crippen LogP contribution in [0, 0.1) is 0 Å². The van der Waals surface area contributed by atoms with Gasteiger partial charge in [0.1, 0.15) is 22.3 Å². The van der Waals surface area contributed by atoms with Crippen LogP contribution in [0.3, 0.4) is 0 Å². The van der Waals surface area contributed by atoms with Crippen molar-refractivity contribution < 1.29 is 8.83 Å². The van der Waals surface area contributed by atoms with E-state index in [1.165, 1.54) is 4.70 Å².